The second-order valence-electron chi connectivity index (χ2n) is 3.72. The van der Waals surface area contributed by atoms with Gasteiger partial charge < -0.3 is 4.74 Å². The SMILES string of the molecule is O=C(Nc1cncc2ccccc12)OCC(F)(F)F. The highest BCUT2D eigenvalue weighted by Crippen LogP contribution is 2.22. The van der Waals surface area contributed by atoms with Gasteiger partial charge in [-0.05, 0) is 0 Å². The Morgan fingerprint density at radius 2 is 2.00 bits per heavy atom. The van der Waals surface area contributed by atoms with E-state index in [2.05, 4.69) is 15.0 Å². The van der Waals surface area contributed by atoms with Crippen LogP contribution in [0.15, 0.2) is 36.7 Å². The quantitative estimate of drug-likeness (QED) is 0.910. The molecule has 1 aromatic heterocycles. The average Bonchev–Trinajstić information content (AvgIpc) is 2.36. The van der Waals surface area contributed by atoms with Crippen molar-refractivity contribution in [2.75, 3.05) is 11.9 Å². The second kappa shape index (κ2) is 5.13. The van der Waals surface area contributed by atoms with Crippen molar-refractivity contribution >= 4 is 22.6 Å². The third kappa shape index (κ3) is 3.57. The number of amides is 1. The molecule has 2 aromatic rings. The predicted molar refractivity (Wildman–Crippen MR) is 62.8 cm³/mol. The van der Waals surface area contributed by atoms with E-state index >= 15 is 0 Å². The minimum Gasteiger partial charge on any atom is -0.440 e. The molecule has 1 aromatic carbocycles. The number of hydrogen-bond acceptors (Lipinski definition) is 3. The third-order valence-corrected chi connectivity index (χ3v) is 2.27. The van der Waals surface area contributed by atoms with E-state index in [0.717, 1.165) is 5.39 Å². The van der Waals surface area contributed by atoms with E-state index < -0.39 is 18.9 Å². The lowest BCUT2D eigenvalue weighted by Gasteiger charge is -2.10. The van der Waals surface area contributed by atoms with Crippen molar-refractivity contribution in [2.45, 2.75) is 6.18 Å². The highest BCUT2D eigenvalue weighted by molar-refractivity contribution is 5.99. The molecule has 0 bridgehead atoms. The molecule has 0 saturated heterocycles. The number of fused-ring (bicyclic) bond motifs is 1. The van der Waals surface area contributed by atoms with Crippen molar-refractivity contribution in [2.24, 2.45) is 0 Å². The van der Waals surface area contributed by atoms with Crippen molar-refractivity contribution in [3.05, 3.63) is 36.7 Å². The van der Waals surface area contributed by atoms with Crippen LogP contribution in [0.4, 0.5) is 23.7 Å². The van der Waals surface area contributed by atoms with Crippen LogP contribution in [0.1, 0.15) is 0 Å². The van der Waals surface area contributed by atoms with Gasteiger partial charge in [0.05, 0.1) is 11.9 Å². The van der Waals surface area contributed by atoms with Gasteiger partial charge in [0, 0.05) is 17.0 Å². The maximum absolute atomic E-state index is 11.9. The van der Waals surface area contributed by atoms with E-state index in [9.17, 15) is 18.0 Å². The number of benzene rings is 1. The van der Waals surface area contributed by atoms with E-state index in [4.69, 9.17) is 0 Å². The van der Waals surface area contributed by atoms with E-state index in [0.29, 0.717) is 11.1 Å². The number of pyridine rings is 1. The molecule has 0 aliphatic carbocycles. The summed E-state index contributed by atoms with van der Waals surface area (Å²) in [4.78, 5) is 15.1. The van der Waals surface area contributed by atoms with Crippen molar-refractivity contribution in [3.63, 3.8) is 0 Å². The first-order chi connectivity index (χ1) is 8.96. The number of hydrogen-bond donors (Lipinski definition) is 1. The summed E-state index contributed by atoms with van der Waals surface area (Å²) in [6.07, 6.45) is -2.79. The Morgan fingerprint density at radius 3 is 2.74 bits per heavy atom. The summed E-state index contributed by atoms with van der Waals surface area (Å²) in [5.41, 5.74) is 0.297. The van der Waals surface area contributed by atoms with Gasteiger partial charge in [0.25, 0.3) is 0 Å². The fourth-order valence-corrected chi connectivity index (χ4v) is 1.51. The van der Waals surface area contributed by atoms with Gasteiger partial charge in [0.15, 0.2) is 6.61 Å². The number of aromatic nitrogens is 1. The Bertz CT molecular complexity index is 594. The topological polar surface area (TPSA) is 51.2 Å². The molecule has 7 heteroatoms. The number of ether oxygens (including phenoxy) is 1. The Morgan fingerprint density at radius 1 is 1.26 bits per heavy atom. The number of carbonyl (C=O) groups excluding carboxylic acids is 1. The van der Waals surface area contributed by atoms with Crippen LogP contribution in [0.5, 0.6) is 0 Å². The molecule has 1 heterocycles. The molecule has 0 unspecified atom stereocenters. The maximum atomic E-state index is 11.9. The number of carbonyl (C=O) groups is 1. The van der Waals surface area contributed by atoms with Gasteiger partial charge in [0.2, 0.25) is 0 Å². The van der Waals surface area contributed by atoms with Crippen LogP contribution in [0.2, 0.25) is 0 Å². The van der Waals surface area contributed by atoms with Crippen molar-refractivity contribution in [1.29, 1.82) is 0 Å². The standard InChI is InChI=1S/C12H9F3N2O2/c13-12(14,15)7-19-11(18)17-10-6-16-5-8-3-1-2-4-9(8)10/h1-6H,7H2,(H,17,18). The minimum absolute atomic E-state index is 0.297. The van der Waals surface area contributed by atoms with Gasteiger partial charge in [-0.15, -0.1) is 0 Å². The highest BCUT2D eigenvalue weighted by atomic mass is 19.4. The summed E-state index contributed by atoms with van der Waals surface area (Å²) in [5.74, 6) is 0. The summed E-state index contributed by atoms with van der Waals surface area (Å²) >= 11 is 0. The molecule has 100 valence electrons. The molecule has 0 fully saturated rings. The molecule has 0 radical (unpaired) electrons. The molecule has 0 spiro atoms. The molecule has 2 rings (SSSR count). The van der Waals surface area contributed by atoms with Gasteiger partial charge in [-0.1, -0.05) is 24.3 Å². The number of nitrogens with zero attached hydrogens (tertiary/aromatic N) is 1. The summed E-state index contributed by atoms with van der Waals surface area (Å²) in [6, 6.07) is 7.02. The zero-order valence-corrected chi connectivity index (χ0v) is 9.57. The van der Waals surface area contributed by atoms with Gasteiger partial charge in [-0.25, -0.2) is 4.79 Å². The molecule has 1 N–H and O–H groups in total. The van der Waals surface area contributed by atoms with E-state index in [1.165, 1.54) is 6.20 Å². The zero-order chi connectivity index (χ0) is 13.9. The maximum Gasteiger partial charge on any atom is 0.422 e. The lowest BCUT2D eigenvalue weighted by Crippen LogP contribution is -2.23. The van der Waals surface area contributed by atoms with Gasteiger partial charge in [0.1, 0.15) is 0 Å². The molecule has 0 atom stereocenters. The van der Waals surface area contributed by atoms with Crippen LogP contribution in [0.3, 0.4) is 0 Å². The van der Waals surface area contributed by atoms with Gasteiger partial charge in [-0.3, -0.25) is 10.3 Å². The zero-order valence-electron chi connectivity index (χ0n) is 9.57. The molecule has 0 aliphatic rings. The predicted octanol–water partition coefficient (Wildman–Crippen LogP) is 3.35. The summed E-state index contributed by atoms with van der Waals surface area (Å²) < 4.78 is 39.7. The summed E-state index contributed by atoms with van der Waals surface area (Å²) in [7, 11) is 0. The van der Waals surface area contributed by atoms with E-state index in [1.807, 2.05) is 0 Å². The van der Waals surface area contributed by atoms with E-state index in [-0.39, 0.29) is 0 Å². The Labute approximate surface area is 106 Å². The van der Waals surface area contributed by atoms with Crippen LogP contribution in [0, 0.1) is 0 Å². The highest BCUT2D eigenvalue weighted by Gasteiger charge is 2.29. The monoisotopic (exact) mass is 270 g/mol. The fourth-order valence-electron chi connectivity index (χ4n) is 1.51. The number of anilines is 1. The number of rotatable bonds is 2. The van der Waals surface area contributed by atoms with Crippen LogP contribution in [-0.2, 0) is 4.74 Å². The molecular formula is C12H9F3N2O2. The smallest absolute Gasteiger partial charge is 0.422 e. The van der Waals surface area contributed by atoms with Crippen LogP contribution in [0.25, 0.3) is 10.8 Å². The third-order valence-electron chi connectivity index (χ3n) is 2.27. The Balaban J connectivity index is 2.11. The van der Waals surface area contributed by atoms with Crippen molar-refractivity contribution < 1.29 is 22.7 Å². The van der Waals surface area contributed by atoms with E-state index in [1.54, 1.807) is 30.5 Å². The van der Waals surface area contributed by atoms with Crippen LogP contribution >= 0.6 is 0 Å². The fraction of sp³-hybridized carbons (Fsp3) is 0.167. The molecule has 4 nitrogen and oxygen atoms in total. The lowest BCUT2D eigenvalue weighted by molar-refractivity contribution is -0.159. The number of alkyl halides is 3. The average molecular weight is 270 g/mol. The largest absolute Gasteiger partial charge is 0.440 e. The van der Waals surface area contributed by atoms with Crippen molar-refractivity contribution in [3.8, 4) is 0 Å². The first kappa shape index (κ1) is 13.1. The summed E-state index contributed by atoms with van der Waals surface area (Å²) in [5, 5.41) is 3.66. The Hall–Kier alpha value is -2.31. The van der Waals surface area contributed by atoms with Crippen LogP contribution < -0.4 is 5.32 Å². The van der Waals surface area contributed by atoms with Crippen molar-refractivity contribution in [1.82, 2.24) is 4.98 Å². The first-order valence-corrected chi connectivity index (χ1v) is 5.29. The van der Waals surface area contributed by atoms with Crippen LogP contribution in [-0.4, -0.2) is 23.9 Å². The normalized spacial score (nSPS) is 11.3. The number of nitrogens with one attached hydrogen (secondary N) is 1. The molecule has 0 aliphatic heterocycles. The minimum atomic E-state index is -4.55. The van der Waals surface area contributed by atoms with Gasteiger partial charge >= 0.3 is 12.3 Å². The first-order valence-electron chi connectivity index (χ1n) is 5.29. The molecule has 19 heavy (non-hydrogen) atoms. The Kier molecular flexibility index (Phi) is 3.55. The van der Waals surface area contributed by atoms with Gasteiger partial charge in [-0.2, -0.15) is 13.2 Å². The molecular weight excluding hydrogens is 261 g/mol. The molecule has 1 amide bonds. The second-order valence-corrected chi connectivity index (χ2v) is 3.72. The lowest BCUT2D eigenvalue weighted by atomic mass is 10.1. The molecule has 0 saturated carbocycles. The summed E-state index contributed by atoms with van der Waals surface area (Å²) in [6.45, 7) is -1.63. The number of halogens is 3.